The largest absolute Gasteiger partial charge is 0.369 e. The first-order chi connectivity index (χ1) is 9.52. The van der Waals surface area contributed by atoms with Gasteiger partial charge in [0.1, 0.15) is 0 Å². The zero-order valence-corrected chi connectivity index (χ0v) is 12.8. The van der Waals surface area contributed by atoms with Gasteiger partial charge in [0.2, 0.25) is 5.91 Å². The van der Waals surface area contributed by atoms with Gasteiger partial charge in [-0.15, -0.1) is 10.2 Å². The van der Waals surface area contributed by atoms with Crippen LogP contribution >= 0.6 is 23.4 Å². The highest BCUT2D eigenvalue weighted by Gasteiger charge is 2.18. The van der Waals surface area contributed by atoms with Crippen LogP contribution in [-0.4, -0.2) is 25.9 Å². The highest BCUT2D eigenvalue weighted by Crippen LogP contribution is 2.27. The van der Waals surface area contributed by atoms with E-state index in [9.17, 15) is 4.79 Å². The molecule has 1 unspecified atom stereocenters. The van der Waals surface area contributed by atoms with Gasteiger partial charge in [-0.2, -0.15) is 0 Å². The first-order valence-corrected chi connectivity index (χ1v) is 7.43. The van der Waals surface area contributed by atoms with E-state index in [1.165, 1.54) is 11.8 Å². The quantitative estimate of drug-likeness (QED) is 0.861. The molecule has 1 amide bonds. The van der Waals surface area contributed by atoms with E-state index in [1.807, 2.05) is 35.8 Å². The summed E-state index contributed by atoms with van der Waals surface area (Å²) in [7, 11) is 0. The molecule has 0 spiro atoms. The van der Waals surface area contributed by atoms with Crippen molar-refractivity contribution in [3.05, 3.63) is 29.3 Å². The lowest BCUT2D eigenvalue weighted by atomic mass is 10.2. The minimum absolute atomic E-state index is 0.345. The summed E-state index contributed by atoms with van der Waals surface area (Å²) >= 11 is 7.19. The number of nitrogens with zero attached hydrogens (tertiary/aromatic N) is 3. The number of rotatable bonds is 5. The first kappa shape index (κ1) is 14.9. The number of aromatic nitrogens is 3. The van der Waals surface area contributed by atoms with Gasteiger partial charge in [-0.1, -0.05) is 23.4 Å². The van der Waals surface area contributed by atoms with Crippen LogP contribution in [0.5, 0.6) is 0 Å². The molecule has 0 aliphatic carbocycles. The van der Waals surface area contributed by atoms with E-state index in [-0.39, 0.29) is 11.2 Å². The molecule has 1 heterocycles. The second-order valence-corrected chi connectivity index (χ2v) is 5.96. The number of thioether (sulfide) groups is 1. The summed E-state index contributed by atoms with van der Waals surface area (Å²) in [5, 5.41) is 9.35. The molecular formula is C13H15ClN4OS. The summed E-state index contributed by atoms with van der Waals surface area (Å²) in [5.41, 5.74) is 6.21. The smallest absolute Gasteiger partial charge is 0.230 e. The SMILES string of the molecule is CCn1c(SC(C)C(N)=O)nnc1-c1ccc(Cl)cc1. The Labute approximate surface area is 126 Å². The molecule has 2 aromatic rings. The van der Waals surface area contributed by atoms with E-state index in [1.54, 1.807) is 6.92 Å². The third-order valence-electron chi connectivity index (χ3n) is 2.82. The number of primary amides is 1. The number of hydrogen-bond donors (Lipinski definition) is 1. The van der Waals surface area contributed by atoms with E-state index in [4.69, 9.17) is 17.3 Å². The molecule has 5 nitrogen and oxygen atoms in total. The van der Waals surface area contributed by atoms with Crippen LogP contribution in [0.1, 0.15) is 13.8 Å². The predicted octanol–water partition coefficient (Wildman–Crippen LogP) is 2.58. The molecule has 106 valence electrons. The Hall–Kier alpha value is -1.53. The number of halogens is 1. The van der Waals surface area contributed by atoms with Crippen molar-refractivity contribution in [2.45, 2.75) is 30.8 Å². The predicted molar refractivity (Wildman–Crippen MR) is 80.7 cm³/mol. The van der Waals surface area contributed by atoms with Gasteiger partial charge < -0.3 is 10.3 Å². The molecule has 0 fully saturated rings. The lowest BCUT2D eigenvalue weighted by Crippen LogP contribution is -2.23. The molecule has 1 aromatic carbocycles. The normalized spacial score (nSPS) is 12.3. The molecular weight excluding hydrogens is 296 g/mol. The average molecular weight is 311 g/mol. The van der Waals surface area contributed by atoms with Crippen LogP contribution in [0.15, 0.2) is 29.4 Å². The maximum Gasteiger partial charge on any atom is 0.230 e. The Kier molecular flexibility index (Phi) is 4.67. The molecule has 2 N–H and O–H groups in total. The maximum absolute atomic E-state index is 11.1. The van der Waals surface area contributed by atoms with Gasteiger partial charge >= 0.3 is 0 Å². The van der Waals surface area contributed by atoms with Gasteiger partial charge in [-0.05, 0) is 38.1 Å². The minimum Gasteiger partial charge on any atom is -0.369 e. The van der Waals surface area contributed by atoms with Crippen LogP contribution in [0, 0.1) is 0 Å². The molecule has 2 rings (SSSR count). The Morgan fingerprint density at radius 2 is 2.05 bits per heavy atom. The summed E-state index contributed by atoms with van der Waals surface area (Å²) in [4.78, 5) is 11.1. The van der Waals surface area contributed by atoms with Crippen molar-refractivity contribution in [3.63, 3.8) is 0 Å². The fraction of sp³-hybridized carbons (Fsp3) is 0.308. The van der Waals surface area contributed by atoms with Crippen LogP contribution in [0.2, 0.25) is 5.02 Å². The third-order valence-corrected chi connectivity index (χ3v) is 4.17. The van der Waals surface area contributed by atoms with Crippen molar-refractivity contribution in [1.29, 1.82) is 0 Å². The number of nitrogens with two attached hydrogens (primary N) is 1. The van der Waals surface area contributed by atoms with Gasteiger partial charge in [0, 0.05) is 17.1 Å². The summed E-state index contributed by atoms with van der Waals surface area (Å²) in [6, 6.07) is 7.41. The van der Waals surface area contributed by atoms with Crippen molar-refractivity contribution in [3.8, 4) is 11.4 Å². The molecule has 1 atom stereocenters. The minimum atomic E-state index is -0.367. The molecule has 0 saturated carbocycles. The van der Waals surface area contributed by atoms with E-state index in [2.05, 4.69) is 10.2 Å². The van der Waals surface area contributed by atoms with Crippen LogP contribution in [0.3, 0.4) is 0 Å². The van der Waals surface area contributed by atoms with E-state index in [0.717, 1.165) is 11.4 Å². The number of carbonyl (C=O) groups excluding carboxylic acids is 1. The fourth-order valence-corrected chi connectivity index (χ4v) is 2.68. The first-order valence-electron chi connectivity index (χ1n) is 6.18. The molecule has 0 bridgehead atoms. The fourth-order valence-electron chi connectivity index (χ4n) is 1.69. The lowest BCUT2D eigenvalue weighted by molar-refractivity contribution is -0.117. The molecule has 0 aliphatic rings. The van der Waals surface area contributed by atoms with Crippen LogP contribution in [0.4, 0.5) is 0 Å². The Morgan fingerprint density at radius 1 is 1.40 bits per heavy atom. The van der Waals surface area contributed by atoms with Crippen molar-refractivity contribution < 1.29 is 4.79 Å². The maximum atomic E-state index is 11.1. The Morgan fingerprint density at radius 3 is 2.60 bits per heavy atom. The number of hydrogen-bond acceptors (Lipinski definition) is 4. The van der Waals surface area contributed by atoms with Crippen LogP contribution in [0.25, 0.3) is 11.4 Å². The zero-order valence-electron chi connectivity index (χ0n) is 11.2. The van der Waals surface area contributed by atoms with E-state index < -0.39 is 0 Å². The number of amides is 1. The number of carbonyl (C=O) groups is 1. The lowest BCUT2D eigenvalue weighted by Gasteiger charge is -2.09. The van der Waals surface area contributed by atoms with Crippen LogP contribution in [-0.2, 0) is 11.3 Å². The van der Waals surface area contributed by atoms with Crippen LogP contribution < -0.4 is 5.73 Å². The molecule has 0 radical (unpaired) electrons. The molecule has 0 saturated heterocycles. The van der Waals surface area contributed by atoms with Gasteiger partial charge in [0.05, 0.1) is 5.25 Å². The molecule has 0 aliphatic heterocycles. The highest BCUT2D eigenvalue weighted by molar-refractivity contribution is 8.00. The summed E-state index contributed by atoms with van der Waals surface area (Å²) < 4.78 is 1.95. The summed E-state index contributed by atoms with van der Waals surface area (Å²) in [6.07, 6.45) is 0. The molecule has 1 aromatic heterocycles. The monoisotopic (exact) mass is 310 g/mol. The number of benzene rings is 1. The van der Waals surface area contributed by atoms with Crippen molar-refractivity contribution in [2.24, 2.45) is 5.73 Å². The van der Waals surface area contributed by atoms with Crippen molar-refractivity contribution >= 4 is 29.3 Å². The van der Waals surface area contributed by atoms with Gasteiger partial charge in [0.15, 0.2) is 11.0 Å². The Balaban J connectivity index is 2.34. The topological polar surface area (TPSA) is 73.8 Å². The summed E-state index contributed by atoms with van der Waals surface area (Å²) in [5.74, 6) is 0.386. The highest BCUT2D eigenvalue weighted by atomic mass is 35.5. The second-order valence-electron chi connectivity index (χ2n) is 4.22. The van der Waals surface area contributed by atoms with Gasteiger partial charge in [-0.25, -0.2) is 0 Å². The molecule has 7 heteroatoms. The van der Waals surface area contributed by atoms with E-state index in [0.29, 0.717) is 16.7 Å². The molecule has 20 heavy (non-hydrogen) atoms. The van der Waals surface area contributed by atoms with Crippen molar-refractivity contribution in [2.75, 3.05) is 0 Å². The van der Waals surface area contributed by atoms with Gasteiger partial charge in [0.25, 0.3) is 0 Å². The van der Waals surface area contributed by atoms with Gasteiger partial charge in [-0.3, -0.25) is 4.79 Å². The average Bonchev–Trinajstić information content (AvgIpc) is 2.82. The zero-order chi connectivity index (χ0) is 14.7. The standard InChI is InChI=1S/C13H15ClN4OS/c1-3-18-12(9-4-6-10(14)7-5-9)16-17-13(18)20-8(2)11(15)19/h4-8H,3H2,1-2H3,(H2,15,19). The van der Waals surface area contributed by atoms with Crippen molar-refractivity contribution in [1.82, 2.24) is 14.8 Å². The Bertz CT molecular complexity index is 611. The van der Waals surface area contributed by atoms with E-state index >= 15 is 0 Å². The second kappa shape index (κ2) is 6.28. The summed E-state index contributed by atoms with van der Waals surface area (Å²) in [6.45, 7) is 4.46. The third kappa shape index (κ3) is 3.13.